The van der Waals surface area contributed by atoms with Gasteiger partial charge in [0.1, 0.15) is 5.83 Å². The molecule has 0 heterocycles. The Morgan fingerprint density at radius 3 is 2.56 bits per heavy atom. The molecule has 0 fully saturated rings. The van der Waals surface area contributed by atoms with Crippen LogP contribution in [-0.4, -0.2) is 0 Å². The fourth-order valence-corrected chi connectivity index (χ4v) is 1.10. The molecule has 0 saturated carbocycles. The van der Waals surface area contributed by atoms with E-state index in [2.05, 4.69) is 6.92 Å². The average molecular weight is 126 g/mol. The summed E-state index contributed by atoms with van der Waals surface area (Å²) in [4.78, 5) is 0. The lowest BCUT2D eigenvalue weighted by Gasteiger charge is -2.03. The topological polar surface area (TPSA) is 0 Å². The Bertz CT molecular complexity index is 165. The van der Waals surface area contributed by atoms with Crippen LogP contribution < -0.4 is 0 Å². The van der Waals surface area contributed by atoms with Gasteiger partial charge in [0, 0.05) is 5.92 Å². The van der Waals surface area contributed by atoms with Crippen LogP contribution in [0.2, 0.25) is 0 Å². The molecular formula is C8H11F. The zero-order valence-corrected chi connectivity index (χ0v) is 5.82. The summed E-state index contributed by atoms with van der Waals surface area (Å²) in [6.07, 6.45) is 4.49. The second kappa shape index (κ2) is 2.34. The summed E-state index contributed by atoms with van der Waals surface area (Å²) in [5, 5.41) is 0. The van der Waals surface area contributed by atoms with Gasteiger partial charge in [-0.15, -0.1) is 0 Å². The van der Waals surface area contributed by atoms with Gasteiger partial charge in [0.2, 0.25) is 0 Å². The third kappa shape index (κ3) is 1.04. The van der Waals surface area contributed by atoms with Crippen LogP contribution in [0.1, 0.15) is 20.3 Å². The lowest BCUT2D eigenvalue weighted by Crippen LogP contribution is -1.91. The number of hydrogen-bond acceptors (Lipinski definition) is 0. The van der Waals surface area contributed by atoms with Crippen molar-refractivity contribution in [3.63, 3.8) is 0 Å². The Balaban J connectivity index is 2.74. The van der Waals surface area contributed by atoms with Gasteiger partial charge in [-0.25, -0.2) is 4.39 Å². The van der Waals surface area contributed by atoms with Crippen molar-refractivity contribution in [2.24, 2.45) is 5.92 Å². The molecule has 1 unspecified atom stereocenters. The van der Waals surface area contributed by atoms with Gasteiger partial charge < -0.3 is 0 Å². The van der Waals surface area contributed by atoms with Crippen molar-refractivity contribution in [2.45, 2.75) is 20.3 Å². The molecule has 1 aliphatic carbocycles. The minimum atomic E-state index is -0.0400. The SMILES string of the molecule is CCC1C=CC(F)=C1C. The Kier molecular flexibility index (Phi) is 1.70. The minimum absolute atomic E-state index is 0.0400. The molecule has 9 heavy (non-hydrogen) atoms. The van der Waals surface area contributed by atoms with Gasteiger partial charge in [0.05, 0.1) is 0 Å². The first-order valence-electron chi connectivity index (χ1n) is 3.30. The van der Waals surface area contributed by atoms with Gasteiger partial charge in [-0.2, -0.15) is 0 Å². The lowest BCUT2D eigenvalue weighted by molar-refractivity contribution is 0.636. The van der Waals surface area contributed by atoms with Gasteiger partial charge in [0.25, 0.3) is 0 Å². The molecule has 0 spiro atoms. The first-order valence-corrected chi connectivity index (χ1v) is 3.30. The molecule has 0 radical (unpaired) electrons. The summed E-state index contributed by atoms with van der Waals surface area (Å²) in [5.41, 5.74) is 0.887. The van der Waals surface area contributed by atoms with Gasteiger partial charge in [0.15, 0.2) is 0 Å². The van der Waals surface area contributed by atoms with E-state index in [-0.39, 0.29) is 5.83 Å². The molecule has 1 aliphatic rings. The maximum atomic E-state index is 12.5. The molecule has 1 rings (SSSR count). The molecule has 0 nitrogen and oxygen atoms in total. The summed E-state index contributed by atoms with van der Waals surface area (Å²) < 4.78 is 12.5. The standard InChI is InChI=1S/C8H11F/c1-3-7-4-5-8(9)6(7)2/h4-5,7H,3H2,1-2H3. The van der Waals surface area contributed by atoms with Crippen molar-refractivity contribution in [3.05, 3.63) is 23.6 Å². The van der Waals surface area contributed by atoms with Crippen LogP contribution in [0.3, 0.4) is 0 Å². The quantitative estimate of drug-likeness (QED) is 0.506. The number of rotatable bonds is 1. The van der Waals surface area contributed by atoms with E-state index in [1.165, 1.54) is 0 Å². The normalized spacial score (nSPS) is 25.9. The average Bonchev–Trinajstić information content (AvgIpc) is 2.15. The Labute approximate surface area is 55.1 Å². The Morgan fingerprint density at radius 1 is 1.67 bits per heavy atom. The van der Waals surface area contributed by atoms with Crippen LogP contribution in [0.15, 0.2) is 23.6 Å². The van der Waals surface area contributed by atoms with Crippen molar-refractivity contribution in [2.75, 3.05) is 0 Å². The number of allylic oxidation sites excluding steroid dienone is 4. The fourth-order valence-electron chi connectivity index (χ4n) is 1.10. The van der Waals surface area contributed by atoms with Crippen molar-refractivity contribution in [3.8, 4) is 0 Å². The van der Waals surface area contributed by atoms with Crippen LogP contribution >= 0.6 is 0 Å². The summed E-state index contributed by atoms with van der Waals surface area (Å²) >= 11 is 0. The maximum Gasteiger partial charge on any atom is 0.122 e. The summed E-state index contributed by atoms with van der Waals surface area (Å²) in [6.45, 7) is 3.92. The monoisotopic (exact) mass is 126 g/mol. The highest BCUT2D eigenvalue weighted by Crippen LogP contribution is 2.27. The molecule has 0 saturated heterocycles. The Morgan fingerprint density at radius 2 is 2.33 bits per heavy atom. The first kappa shape index (κ1) is 6.53. The molecular weight excluding hydrogens is 115 g/mol. The van der Waals surface area contributed by atoms with E-state index >= 15 is 0 Å². The van der Waals surface area contributed by atoms with E-state index in [4.69, 9.17) is 0 Å². The largest absolute Gasteiger partial charge is 0.207 e. The first-order chi connectivity index (χ1) is 4.25. The lowest BCUT2D eigenvalue weighted by atomic mass is 10.0. The van der Waals surface area contributed by atoms with Gasteiger partial charge in [-0.3, -0.25) is 0 Å². The molecule has 0 amide bonds. The third-order valence-electron chi connectivity index (χ3n) is 1.85. The van der Waals surface area contributed by atoms with E-state index in [0.29, 0.717) is 5.92 Å². The number of halogens is 1. The van der Waals surface area contributed by atoms with Crippen molar-refractivity contribution in [1.29, 1.82) is 0 Å². The van der Waals surface area contributed by atoms with Crippen LogP contribution in [0.25, 0.3) is 0 Å². The smallest absolute Gasteiger partial charge is 0.122 e. The summed E-state index contributed by atoms with van der Waals surface area (Å²) in [7, 11) is 0. The highest BCUT2D eigenvalue weighted by molar-refractivity contribution is 5.30. The van der Waals surface area contributed by atoms with Crippen molar-refractivity contribution < 1.29 is 4.39 Å². The van der Waals surface area contributed by atoms with Crippen LogP contribution in [-0.2, 0) is 0 Å². The predicted molar refractivity (Wildman–Crippen MR) is 36.7 cm³/mol. The molecule has 0 aromatic carbocycles. The molecule has 1 atom stereocenters. The van der Waals surface area contributed by atoms with Crippen molar-refractivity contribution >= 4 is 0 Å². The van der Waals surface area contributed by atoms with Gasteiger partial charge in [-0.05, 0) is 25.0 Å². The molecule has 0 aliphatic heterocycles. The maximum absolute atomic E-state index is 12.5. The summed E-state index contributed by atoms with van der Waals surface area (Å²) in [5.74, 6) is 0.326. The van der Waals surface area contributed by atoms with E-state index < -0.39 is 0 Å². The van der Waals surface area contributed by atoms with E-state index in [1.807, 2.05) is 13.0 Å². The molecule has 0 N–H and O–H groups in total. The van der Waals surface area contributed by atoms with Crippen molar-refractivity contribution in [1.82, 2.24) is 0 Å². The fraction of sp³-hybridized carbons (Fsp3) is 0.500. The highest BCUT2D eigenvalue weighted by Gasteiger charge is 2.13. The predicted octanol–water partition coefficient (Wildman–Crippen LogP) is 2.83. The molecule has 50 valence electrons. The van der Waals surface area contributed by atoms with E-state index in [0.717, 1.165) is 12.0 Å². The highest BCUT2D eigenvalue weighted by atomic mass is 19.1. The van der Waals surface area contributed by atoms with E-state index in [9.17, 15) is 4.39 Å². The number of hydrogen-bond donors (Lipinski definition) is 0. The second-order valence-electron chi connectivity index (χ2n) is 2.40. The molecule has 0 aromatic heterocycles. The van der Waals surface area contributed by atoms with E-state index in [1.54, 1.807) is 6.08 Å². The van der Waals surface area contributed by atoms with Gasteiger partial charge >= 0.3 is 0 Å². The Hall–Kier alpha value is -0.590. The minimum Gasteiger partial charge on any atom is -0.207 e. The zero-order chi connectivity index (χ0) is 6.85. The van der Waals surface area contributed by atoms with Gasteiger partial charge in [-0.1, -0.05) is 13.0 Å². The van der Waals surface area contributed by atoms with Crippen LogP contribution in [0, 0.1) is 5.92 Å². The zero-order valence-electron chi connectivity index (χ0n) is 5.82. The second-order valence-corrected chi connectivity index (χ2v) is 2.40. The summed E-state index contributed by atoms with van der Waals surface area (Å²) in [6, 6.07) is 0. The third-order valence-corrected chi connectivity index (χ3v) is 1.85. The van der Waals surface area contributed by atoms with Crippen LogP contribution in [0.5, 0.6) is 0 Å². The molecule has 0 bridgehead atoms. The van der Waals surface area contributed by atoms with Crippen LogP contribution in [0.4, 0.5) is 4.39 Å². The molecule has 0 aromatic rings. The molecule has 1 heteroatoms.